The number of carboxylic acids is 1. The molecule has 0 atom stereocenters. The number of aryl methyl sites for hydroxylation is 2. The standard InChI is InChI=1S/C14H12ClNO3S/c1-7-5-9(3-4-10(7)15)13(17)16-11-6-8(2)12(20-11)14(18)19/h3-6H,1-2H3,(H,16,17)(H,18,19). The van der Waals surface area contributed by atoms with Crippen molar-refractivity contribution in [1.29, 1.82) is 0 Å². The van der Waals surface area contributed by atoms with Gasteiger partial charge in [-0.1, -0.05) is 11.6 Å². The molecule has 0 aliphatic heterocycles. The number of benzene rings is 1. The highest BCUT2D eigenvalue weighted by atomic mass is 35.5. The van der Waals surface area contributed by atoms with Crippen LogP contribution >= 0.6 is 22.9 Å². The molecule has 1 aromatic heterocycles. The van der Waals surface area contributed by atoms with Crippen LogP contribution in [0.1, 0.15) is 31.2 Å². The monoisotopic (exact) mass is 309 g/mol. The van der Waals surface area contributed by atoms with Crippen LogP contribution in [0.3, 0.4) is 0 Å². The van der Waals surface area contributed by atoms with E-state index in [1.165, 1.54) is 0 Å². The van der Waals surface area contributed by atoms with Gasteiger partial charge < -0.3 is 10.4 Å². The van der Waals surface area contributed by atoms with Crippen molar-refractivity contribution < 1.29 is 14.7 Å². The third-order valence-corrected chi connectivity index (χ3v) is 4.33. The Bertz CT molecular complexity index is 694. The van der Waals surface area contributed by atoms with Crippen LogP contribution < -0.4 is 5.32 Å². The fourth-order valence-corrected chi connectivity index (χ4v) is 2.75. The topological polar surface area (TPSA) is 66.4 Å². The van der Waals surface area contributed by atoms with Gasteiger partial charge in [-0.2, -0.15) is 0 Å². The molecular weight excluding hydrogens is 298 g/mol. The van der Waals surface area contributed by atoms with E-state index in [0.717, 1.165) is 16.9 Å². The summed E-state index contributed by atoms with van der Waals surface area (Å²) in [5, 5.41) is 12.8. The number of hydrogen-bond donors (Lipinski definition) is 2. The second kappa shape index (κ2) is 5.64. The first-order chi connectivity index (χ1) is 9.38. The van der Waals surface area contributed by atoms with Crippen molar-refractivity contribution in [2.24, 2.45) is 0 Å². The molecule has 2 rings (SSSR count). The molecule has 104 valence electrons. The number of carbonyl (C=O) groups excluding carboxylic acids is 1. The van der Waals surface area contributed by atoms with E-state index in [0.29, 0.717) is 21.2 Å². The van der Waals surface area contributed by atoms with Gasteiger partial charge in [0.1, 0.15) is 4.88 Å². The normalized spacial score (nSPS) is 10.3. The van der Waals surface area contributed by atoms with Crippen molar-refractivity contribution in [3.05, 3.63) is 50.9 Å². The van der Waals surface area contributed by atoms with E-state index in [9.17, 15) is 9.59 Å². The van der Waals surface area contributed by atoms with Crippen LogP contribution in [0.2, 0.25) is 5.02 Å². The summed E-state index contributed by atoms with van der Waals surface area (Å²) in [7, 11) is 0. The zero-order valence-corrected chi connectivity index (χ0v) is 12.4. The van der Waals surface area contributed by atoms with Crippen molar-refractivity contribution in [2.75, 3.05) is 5.32 Å². The smallest absolute Gasteiger partial charge is 0.346 e. The molecule has 0 aliphatic rings. The van der Waals surface area contributed by atoms with Crippen LogP contribution in [-0.2, 0) is 0 Å². The second-order valence-corrected chi connectivity index (χ2v) is 5.81. The lowest BCUT2D eigenvalue weighted by atomic mass is 10.1. The van der Waals surface area contributed by atoms with Crippen molar-refractivity contribution in [2.45, 2.75) is 13.8 Å². The largest absolute Gasteiger partial charge is 0.477 e. The Morgan fingerprint density at radius 1 is 1.20 bits per heavy atom. The average Bonchev–Trinajstić information content (AvgIpc) is 2.73. The minimum atomic E-state index is -0.990. The zero-order valence-electron chi connectivity index (χ0n) is 10.9. The fraction of sp³-hybridized carbons (Fsp3) is 0.143. The Morgan fingerprint density at radius 2 is 1.90 bits per heavy atom. The summed E-state index contributed by atoms with van der Waals surface area (Å²) in [6.07, 6.45) is 0. The summed E-state index contributed by atoms with van der Waals surface area (Å²) in [6.45, 7) is 3.51. The van der Waals surface area contributed by atoms with E-state index in [1.54, 1.807) is 31.2 Å². The summed E-state index contributed by atoms with van der Waals surface area (Å²) in [4.78, 5) is 23.3. The van der Waals surface area contributed by atoms with E-state index < -0.39 is 5.97 Å². The Hall–Kier alpha value is -1.85. The Labute approximate surface area is 125 Å². The molecule has 0 bridgehead atoms. The van der Waals surface area contributed by atoms with E-state index >= 15 is 0 Å². The maximum Gasteiger partial charge on any atom is 0.346 e. The highest BCUT2D eigenvalue weighted by molar-refractivity contribution is 7.18. The third kappa shape index (κ3) is 3.00. The van der Waals surface area contributed by atoms with Gasteiger partial charge >= 0.3 is 5.97 Å². The molecule has 0 saturated heterocycles. The molecule has 4 nitrogen and oxygen atoms in total. The lowest BCUT2D eigenvalue weighted by Crippen LogP contribution is -2.10. The zero-order chi connectivity index (χ0) is 14.9. The molecular formula is C14H12ClNO3S. The van der Waals surface area contributed by atoms with Crippen LogP contribution in [0, 0.1) is 13.8 Å². The van der Waals surface area contributed by atoms with Crippen molar-refractivity contribution in [3.63, 3.8) is 0 Å². The highest BCUT2D eigenvalue weighted by Gasteiger charge is 2.14. The van der Waals surface area contributed by atoms with Crippen molar-refractivity contribution >= 4 is 39.8 Å². The molecule has 2 aromatic rings. The Balaban J connectivity index is 2.21. The summed E-state index contributed by atoms with van der Waals surface area (Å²) in [6, 6.07) is 6.63. The minimum Gasteiger partial charge on any atom is -0.477 e. The number of hydrogen-bond acceptors (Lipinski definition) is 3. The maximum absolute atomic E-state index is 12.1. The third-order valence-electron chi connectivity index (χ3n) is 2.77. The van der Waals surface area contributed by atoms with Gasteiger partial charge in [0.05, 0.1) is 5.00 Å². The molecule has 0 saturated carbocycles. The average molecular weight is 310 g/mol. The molecule has 0 aliphatic carbocycles. The van der Waals surface area contributed by atoms with Crippen molar-refractivity contribution in [1.82, 2.24) is 0 Å². The van der Waals surface area contributed by atoms with Crippen LogP contribution in [0.4, 0.5) is 5.00 Å². The van der Waals surface area contributed by atoms with Crippen LogP contribution in [-0.4, -0.2) is 17.0 Å². The quantitative estimate of drug-likeness (QED) is 0.901. The number of carboxylic acid groups (broad SMARTS) is 1. The summed E-state index contributed by atoms with van der Waals surface area (Å²) >= 11 is 6.95. The van der Waals surface area contributed by atoms with E-state index in [1.807, 2.05) is 6.92 Å². The van der Waals surface area contributed by atoms with Crippen LogP contribution in [0.5, 0.6) is 0 Å². The van der Waals surface area contributed by atoms with Gasteiger partial charge in [0.25, 0.3) is 5.91 Å². The second-order valence-electron chi connectivity index (χ2n) is 4.35. The molecule has 0 radical (unpaired) electrons. The molecule has 0 unspecified atom stereocenters. The first-order valence-electron chi connectivity index (χ1n) is 5.79. The summed E-state index contributed by atoms with van der Waals surface area (Å²) in [5.41, 5.74) is 1.92. The minimum absolute atomic E-state index is 0.229. The molecule has 0 fully saturated rings. The molecule has 20 heavy (non-hydrogen) atoms. The van der Waals surface area contributed by atoms with Crippen LogP contribution in [0.25, 0.3) is 0 Å². The Morgan fingerprint density at radius 3 is 2.45 bits per heavy atom. The summed E-state index contributed by atoms with van der Waals surface area (Å²) in [5.74, 6) is -1.28. The summed E-state index contributed by atoms with van der Waals surface area (Å²) < 4.78 is 0. The van der Waals surface area contributed by atoms with Gasteiger partial charge in [0.15, 0.2) is 0 Å². The molecule has 0 spiro atoms. The number of rotatable bonds is 3. The Kier molecular flexibility index (Phi) is 4.11. The van der Waals surface area contributed by atoms with Crippen LogP contribution in [0.15, 0.2) is 24.3 Å². The van der Waals surface area contributed by atoms with Gasteiger partial charge in [-0.15, -0.1) is 11.3 Å². The number of halogens is 1. The lowest BCUT2D eigenvalue weighted by Gasteiger charge is -2.04. The van der Waals surface area contributed by atoms with Gasteiger partial charge in [0.2, 0.25) is 0 Å². The predicted molar refractivity (Wildman–Crippen MR) is 80.2 cm³/mol. The number of anilines is 1. The number of nitrogens with one attached hydrogen (secondary N) is 1. The maximum atomic E-state index is 12.1. The van der Waals surface area contributed by atoms with Gasteiger partial charge in [-0.05, 0) is 49.2 Å². The van der Waals surface area contributed by atoms with Gasteiger partial charge in [0, 0.05) is 10.6 Å². The van der Waals surface area contributed by atoms with E-state index in [4.69, 9.17) is 16.7 Å². The SMILES string of the molecule is Cc1cc(C(=O)Nc2cc(C)c(C(=O)O)s2)ccc1Cl. The van der Waals surface area contributed by atoms with Gasteiger partial charge in [-0.3, -0.25) is 4.79 Å². The highest BCUT2D eigenvalue weighted by Crippen LogP contribution is 2.27. The molecule has 1 amide bonds. The van der Waals surface area contributed by atoms with E-state index in [-0.39, 0.29) is 10.8 Å². The molecule has 6 heteroatoms. The lowest BCUT2D eigenvalue weighted by molar-refractivity contribution is 0.0701. The molecule has 1 heterocycles. The fourth-order valence-electron chi connectivity index (χ4n) is 1.73. The van der Waals surface area contributed by atoms with Gasteiger partial charge in [-0.25, -0.2) is 4.79 Å². The number of carbonyl (C=O) groups is 2. The number of thiophene rings is 1. The number of aromatic carboxylic acids is 1. The first kappa shape index (κ1) is 14.6. The first-order valence-corrected chi connectivity index (χ1v) is 6.99. The van der Waals surface area contributed by atoms with E-state index in [2.05, 4.69) is 5.32 Å². The molecule has 2 N–H and O–H groups in total. The predicted octanol–water partition coefficient (Wildman–Crippen LogP) is 3.97. The van der Waals surface area contributed by atoms with Crippen molar-refractivity contribution in [3.8, 4) is 0 Å². The number of amides is 1. The molecule has 1 aromatic carbocycles.